The van der Waals surface area contributed by atoms with E-state index in [2.05, 4.69) is 15.4 Å². The van der Waals surface area contributed by atoms with Crippen LogP contribution in [0, 0.1) is 0 Å². The summed E-state index contributed by atoms with van der Waals surface area (Å²) in [4.78, 5) is 27.9. The molecule has 0 saturated heterocycles. The molecule has 7 nitrogen and oxygen atoms in total. The number of carbonyl (C=O) groups is 1. The molecule has 0 radical (unpaired) electrons. The van der Waals surface area contributed by atoms with Gasteiger partial charge in [-0.25, -0.2) is 14.5 Å². The standard InChI is InChI=1S/C13H9Cl2N5O2/c14-8-5-10(16-6-9(8)15)17-12(21)7-20-13(22)19-4-2-1-3-11(19)18-20/h1-6H,7H2,(H,16,17,21). The molecule has 0 bridgehead atoms. The molecule has 0 aliphatic heterocycles. The van der Waals surface area contributed by atoms with E-state index < -0.39 is 11.6 Å². The number of halogens is 2. The Hall–Kier alpha value is -2.38. The van der Waals surface area contributed by atoms with Crippen LogP contribution in [0.5, 0.6) is 0 Å². The van der Waals surface area contributed by atoms with Gasteiger partial charge >= 0.3 is 5.69 Å². The van der Waals surface area contributed by atoms with E-state index in [-0.39, 0.29) is 22.4 Å². The maximum atomic E-state index is 12.0. The van der Waals surface area contributed by atoms with E-state index in [1.54, 1.807) is 24.4 Å². The first-order chi connectivity index (χ1) is 10.5. The molecule has 3 heterocycles. The van der Waals surface area contributed by atoms with Crippen molar-refractivity contribution in [2.75, 3.05) is 5.32 Å². The first-order valence-electron chi connectivity index (χ1n) is 6.20. The normalized spacial score (nSPS) is 10.8. The lowest BCUT2D eigenvalue weighted by atomic mass is 10.4. The summed E-state index contributed by atoms with van der Waals surface area (Å²) < 4.78 is 2.42. The Balaban J connectivity index is 1.79. The molecule has 3 aromatic heterocycles. The predicted molar refractivity (Wildman–Crippen MR) is 82.3 cm³/mol. The van der Waals surface area contributed by atoms with Crippen molar-refractivity contribution in [1.29, 1.82) is 0 Å². The SMILES string of the molecule is O=C(Cn1nc2ccccn2c1=O)Nc1cc(Cl)c(Cl)cn1. The highest BCUT2D eigenvalue weighted by atomic mass is 35.5. The summed E-state index contributed by atoms with van der Waals surface area (Å²) in [6, 6.07) is 6.57. The predicted octanol–water partition coefficient (Wildman–Crippen LogP) is 1.84. The number of amides is 1. The number of rotatable bonds is 3. The van der Waals surface area contributed by atoms with Crippen molar-refractivity contribution < 1.29 is 4.79 Å². The molecule has 9 heteroatoms. The summed E-state index contributed by atoms with van der Waals surface area (Å²) in [6.45, 7) is -0.234. The molecule has 3 rings (SSSR count). The van der Waals surface area contributed by atoms with Gasteiger partial charge in [0.25, 0.3) is 0 Å². The zero-order valence-electron chi connectivity index (χ0n) is 11.0. The molecule has 0 saturated carbocycles. The third-order valence-electron chi connectivity index (χ3n) is 2.86. The second-order valence-corrected chi connectivity index (χ2v) is 5.22. The highest BCUT2D eigenvalue weighted by Crippen LogP contribution is 2.22. The summed E-state index contributed by atoms with van der Waals surface area (Å²) in [5.41, 5.74) is 0.0702. The molecular formula is C13H9Cl2N5O2. The van der Waals surface area contributed by atoms with Crippen LogP contribution in [0.3, 0.4) is 0 Å². The number of nitrogens with zero attached hydrogens (tertiary/aromatic N) is 4. The summed E-state index contributed by atoms with van der Waals surface area (Å²) >= 11 is 11.6. The lowest BCUT2D eigenvalue weighted by Gasteiger charge is -2.04. The van der Waals surface area contributed by atoms with E-state index in [1.165, 1.54) is 16.7 Å². The molecule has 112 valence electrons. The van der Waals surface area contributed by atoms with E-state index in [9.17, 15) is 9.59 Å². The van der Waals surface area contributed by atoms with Gasteiger partial charge in [0.15, 0.2) is 5.65 Å². The first kappa shape index (κ1) is 14.6. The van der Waals surface area contributed by atoms with Crippen molar-refractivity contribution in [3.63, 3.8) is 0 Å². The van der Waals surface area contributed by atoms with Crippen LogP contribution in [0.4, 0.5) is 5.82 Å². The summed E-state index contributed by atoms with van der Waals surface area (Å²) in [5, 5.41) is 7.16. The molecule has 0 atom stereocenters. The van der Waals surface area contributed by atoms with Crippen molar-refractivity contribution in [3.05, 3.63) is 57.2 Å². The van der Waals surface area contributed by atoms with E-state index in [0.717, 1.165) is 4.68 Å². The average molecular weight is 338 g/mol. The lowest BCUT2D eigenvalue weighted by molar-refractivity contribution is -0.117. The topological polar surface area (TPSA) is 81.3 Å². The highest BCUT2D eigenvalue weighted by Gasteiger charge is 2.11. The number of anilines is 1. The smallest absolute Gasteiger partial charge is 0.309 e. The minimum atomic E-state index is -0.448. The molecule has 0 aliphatic carbocycles. The maximum Gasteiger partial charge on any atom is 0.350 e. The number of hydrogen-bond donors (Lipinski definition) is 1. The van der Waals surface area contributed by atoms with Crippen molar-refractivity contribution in [1.82, 2.24) is 19.2 Å². The van der Waals surface area contributed by atoms with Crippen LogP contribution in [0.15, 0.2) is 41.5 Å². The van der Waals surface area contributed by atoms with Gasteiger partial charge in [-0.05, 0) is 12.1 Å². The van der Waals surface area contributed by atoms with Crippen molar-refractivity contribution in [3.8, 4) is 0 Å². The molecule has 1 amide bonds. The Labute approximate surface area is 134 Å². The lowest BCUT2D eigenvalue weighted by Crippen LogP contribution is -2.28. The Morgan fingerprint density at radius 3 is 2.82 bits per heavy atom. The molecule has 0 aromatic carbocycles. The molecule has 0 unspecified atom stereocenters. The van der Waals surface area contributed by atoms with Gasteiger partial charge in [0.2, 0.25) is 5.91 Å². The molecule has 22 heavy (non-hydrogen) atoms. The fourth-order valence-electron chi connectivity index (χ4n) is 1.87. The second kappa shape index (κ2) is 5.78. The van der Waals surface area contributed by atoms with Gasteiger partial charge in [-0.2, -0.15) is 0 Å². The Kier molecular flexibility index (Phi) is 3.82. The van der Waals surface area contributed by atoms with Gasteiger partial charge in [0, 0.05) is 18.5 Å². The minimum absolute atomic E-state index is 0.234. The molecule has 1 N–H and O–H groups in total. The van der Waals surface area contributed by atoms with Crippen LogP contribution < -0.4 is 11.0 Å². The maximum absolute atomic E-state index is 12.0. The summed E-state index contributed by atoms with van der Waals surface area (Å²) in [5.74, 6) is -0.201. The molecule has 3 aromatic rings. The largest absolute Gasteiger partial charge is 0.350 e. The Bertz CT molecular complexity index is 918. The summed E-state index contributed by atoms with van der Waals surface area (Å²) in [6.07, 6.45) is 2.91. The third-order valence-corrected chi connectivity index (χ3v) is 3.57. The van der Waals surface area contributed by atoms with Gasteiger partial charge < -0.3 is 5.32 Å². The van der Waals surface area contributed by atoms with Crippen molar-refractivity contribution in [2.24, 2.45) is 0 Å². The van der Waals surface area contributed by atoms with Gasteiger partial charge in [0.1, 0.15) is 12.4 Å². The molecular weight excluding hydrogens is 329 g/mol. The average Bonchev–Trinajstić information content (AvgIpc) is 2.80. The monoisotopic (exact) mass is 337 g/mol. The number of carbonyl (C=O) groups excluding carboxylic acids is 1. The summed E-state index contributed by atoms with van der Waals surface area (Å²) in [7, 11) is 0. The fraction of sp³-hybridized carbons (Fsp3) is 0.0769. The van der Waals surface area contributed by atoms with Crippen molar-refractivity contribution >= 4 is 40.6 Å². The van der Waals surface area contributed by atoms with E-state index in [1.807, 2.05) is 0 Å². The quantitative estimate of drug-likeness (QED) is 0.790. The number of aromatic nitrogens is 4. The van der Waals surface area contributed by atoms with Crippen LogP contribution in [0.1, 0.15) is 0 Å². The third kappa shape index (κ3) is 2.81. The number of nitrogens with one attached hydrogen (secondary N) is 1. The molecule has 0 spiro atoms. The van der Waals surface area contributed by atoms with E-state index >= 15 is 0 Å². The van der Waals surface area contributed by atoms with Crippen LogP contribution >= 0.6 is 23.2 Å². The number of fused-ring (bicyclic) bond motifs is 1. The fourth-order valence-corrected chi connectivity index (χ4v) is 2.13. The van der Waals surface area contributed by atoms with Gasteiger partial charge in [-0.15, -0.1) is 5.10 Å². The van der Waals surface area contributed by atoms with E-state index in [4.69, 9.17) is 23.2 Å². The molecule has 0 aliphatic rings. The van der Waals surface area contributed by atoms with Crippen LogP contribution in [-0.4, -0.2) is 25.1 Å². The Morgan fingerprint density at radius 2 is 2.09 bits per heavy atom. The zero-order chi connectivity index (χ0) is 15.7. The van der Waals surface area contributed by atoms with Crippen molar-refractivity contribution in [2.45, 2.75) is 6.54 Å². The van der Waals surface area contributed by atoms with Crippen LogP contribution in [0.2, 0.25) is 10.0 Å². The Morgan fingerprint density at radius 1 is 1.27 bits per heavy atom. The second-order valence-electron chi connectivity index (χ2n) is 4.40. The van der Waals surface area contributed by atoms with Gasteiger partial charge in [0.05, 0.1) is 10.0 Å². The highest BCUT2D eigenvalue weighted by molar-refractivity contribution is 6.42. The molecule has 0 fully saturated rings. The number of hydrogen-bond acceptors (Lipinski definition) is 4. The number of pyridine rings is 2. The van der Waals surface area contributed by atoms with Gasteiger partial charge in [-0.1, -0.05) is 29.3 Å². The van der Waals surface area contributed by atoms with Crippen LogP contribution in [0.25, 0.3) is 5.65 Å². The van der Waals surface area contributed by atoms with E-state index in [0.29, 0.717) is 5.65 Å². The zero-order valence-corrected chi connectivity index (χ0v) is 12.5. The minimum Gasteiger partial charge on any atom is -0.309 e. The van der Waals surface area contributed by atoms with Gasteiger partial charge in [-0.3, -0.25) is 9.20 Å². The first-order valence-corrected chi connectivity index (χ1v) is 6.95. The van der Waals surface area contributed by atoms with Crippen LogP contribution in [-0.2, 0) is 11.3 Å².